The minimum absolute atomic E-state index is 0.370. The van der Waals surface area contributed by atoms with Crippen LogP contribution < -0.4 is 0 Å². The molecular weight excluding hydrogens is 233 g/mol. The lowest BCUT2D eigenvalue weighted by Gasteiger charge is -2.06. The Hall–Kier alpha value is -2.06. The molecule has 0 saturated carbocycles. The van der Waals surface area contributed by atoms with Crippen molar-refractivity contribution < 1.29 is 33.0 Å². The molecule has 9 heteroatoms. The Kier molecular flexibility index (Phi) is 2.63. The fraction of sp³-hybridized carbons (Fsp3) is 0.286. The van der Waals surface area contributed by atoms with Crippen molar-refractivity contribution in [2.45, 2.75) is 6.18 Å². The van der Waals surface area contributed by atoms with Crippen LogP contribution in [0.1, 0.15) is 26.5 Å². The van der Waals surface area contributed by atoms with Crippen molar-refractivity contribution in [1.82, 2.24) is 9.78 Å². The second kappa shape index (κ2) is 3.51. The van der Waals surface area contributed by atoms with E-state index in [0.717, 1.165) is 7.05 Å². The molecule has 0 bridgehead atoms. The van der Waals surface area contributed by atoms with Gasteiger partial charge in [-0.05, 0) is 0 Å². The lowest BCUT2D eigenvalue weighted by molar-refractivity contribution is -0.138. The van der Waals surface area contributed by atoms with Gasteiger partial charge in [-0.25, -0.2) is 9.59 Å². The zero-order valence-electron chi connectivity index (χ0n) is 7.74. The summed E-state index contributed by atoms with van der Waals surface area (Å²) >= 11 is 0. The number of aromatic nitrogens is 2. The fourth-order valence-electron chi connectivity index (χ4n) is 1.19. The van der Waals surface area contributed by atoms with Crippen LogP contribution in [-0.2, 0) is 13.2 Å². The van der Waals surface area contributed by atoms with Crippen LogP contribution >= 0.6 is 0 Å². The minimum Gasteiger partial charge on any atom is -0.477 e. The Morgan fingerprint density at radius 3 is 2.06 bits per heavy atom. The molecular formula is C7H5F3N2O4. The fourth-order valence-corrected chi connectivity index (χ4v) is 1.19. The highest BCUT2D eigenvalue weighted by Gasteiger charge is 2.43. The highest BCUT2D eigenvalue weighted by atomic mass is 19.4. The van der Waals surface area contributed by atoms with Gasteiger partial charge in [0.15, 0.2) is 11.4 Å². The van der Waals surface area contributed by atoms with Gasteiger partial charge in [-0.2, -0.15) is 18.3 Å². The van der Waals surface area contributed by atoms with E-state index < -0.39 is 35.1 Å². The molecule has 16 heavy (non-hydrogen) atoms. The number of aryl methyl sites for hydroxylation is 1. The number of hydrogen-bond acceptors (Lipinski definition) is 3. The molecule has 1 aromatic heterocycles. The molecule has 0 aromatic carbocycles. The first-order valence-electron chi connectivity index (χ1n) is 3.77. The number of nitrogens with zero attached hydrogens (tertiary/aromatic N) is 2. The summed E-state index contributed by atoms with van der Waals surface area (Å²) in [6.45, 7) is 0. The van der Waals surface area contributed by atoms with Gasteiger partial charge in [-0.1, -0.05) is 0 Å². The molecule has 1 heterocycles. The predicted molar refractivity (Wildman–Crippen MR) is 42.1 cm³/mol. The van der Waals surface area contributed by atoms with Gasteiger partial charge in [-0.3, -0.25) is 4.68 Å². The molecule has 0 aliphatic rings. The lowest BCUT2D eigenvalue weighted by atomic mass is 10.1. The number of carbonyl (C=O) groups is 2. The third-order valence-electron chi connectivity index (χ3n) is 1.74. The lowest BCUT2D eigenvalue weighted by Crippen LogP contribution is -2.16. The third kappa shape index (κ3) is 1.83. The predicted octanol–water partition coefficient (Wildman–Crippen LogP) is 0.835. The van der Waals surface area contributed by atoms with E-state index in [9.17, 15) is 22.8 Å². The molecule has 0 aliphatic heterocycles. The smallest absolute Gasteiger partial charge is 0.421 e. The number of hydrogen-bond donors (Lipinski definition) is 2. The number of carboxylic acid groups (broad SMARTS) is 2. The standard InChI is InChI=1S/C7H5F3N2O4/c1-12-4(6(15)16)2(7(8,9)10)3(11-12)5(13)14/h1H3,(H,13,14)(H,15,16). The monoisotopic (exact) mass is 238 g/mol. The molecule has 0 spiro atoms. The summed E-state index contributed by atoms with van der Waals surface area (Å²) in [5.41, 5.74) is -4.28. The maximum Gasteiger partial charge on any atom is 0.421 e. The molecule has 0 atom stereocenters. The van der Waals surface area contributed by atoms with Gasteiger partial charge in [0.05, 0.1) is 0 Å². The van der Waals surface area contributed by atoms with Crippen LogP contribution in [0.25, 0.3) is 0 Å². The van der Waals surface area contributed by atoms with Crippen LogP contribution in [0.2, 0.25) is 0 Å². The van der Waals surface area contributed by atoms with E-state index in [0.29, 0.717) is 4.68 Å². The molecule has 0 aliphatic carbocycles. The third-order valence-corrected chi connectivity index (χ3v) is 1.74. The molecule has 0 amide bonds. The summed E-state index contributed by atoms with van der Waals surface area (Å²) in [6, 6.07) is 0. The van der Waals surface area contributed by atoms with Gasteiger partial charge in [0, 0.05) is 7.05 Å². The van der Waals surface area contributed by atoms with Crippen molar-refractivity contribution in [3.63, 3.8) is 0 Å². The van der Waals surface area contributed by atoms with E-state index in [-0.39, 0.29) is 0 Å². The highest BCUT2D eigenvalue weighted by molar-refractivity contribution is 5.94. The van der Waals surface area contributed by atoms with Crippen molar-refractivity contribution in [3.8, 4) is 0 Å². The number of aromatic carboxylic acids is 2. The zero-order chi connectivity index (χ0) is 12.7. The van der Waals surface area contributed by atoms with E-state index in [1.165, 1.54) is 0 Å². The van der Waals surface area contributed by atoms with E-state index >= 15 is 0 Å². The van der Waals surface area contributed by atoms with Crippen molar-refractivity contribution in [3.05, 3.63) is 17.0 Å². The summed E-state index contributed by atoms with van der Waals surface area (Å²) in [5.74, 6) is -3.83. The first-order valence-corrected chi connectivity index (χ1v) is 3.77. The quantitative estimate of drug-likeness (QED) is 0.796. The number of rotatable bonds is 2. The molecule has 1 aromatic rings. The Bertz CT molecular complexity index is 463. The van der Waals surface area contributed by atoms with Crippen molar-refractivity contribution >= 4 is 11.9 Å². The zero-order valence-corrected chi connectivity index (χ0v) is 7.74. The summed E-state index contributed by atoms with van der Waals surface area (Å²) in [4.78, 5) is 21.1. The van der Waals surface area contributed by atoms with Gasteiger partial charge in [0.25, 0.3) is 0 Å². The summed E-state index contributed by atoms with van der Waals surface area (Å²) in [7, 11) is 0.922. The molecule has 0 radical (unpaired) electrons. The SMILES string of the molecule is Cn1nc(C(=O)O)c(C(F)(F)F)c1C(=O)O. The van der Waals surface area contributed by atoms with Crippen molar-refractivity contribution in [2.24, 2.45) is 7.05 Å². The maximum atomic E-state index is 12.5. The van der Waals surface area contributed by atoms with Gasteiger partial charge >= 0.3 is 18.1 Å². The number of carboxylic acids is 2. The largest absolute Gasteiger partial charge is 0.477 e. The highest BCUT2D eigenvalue weighted by Crippen LogP contribution is 2.34. The Morgan fingerprint density at radius 1 is 1.25 bits per heavy atom. The minimum atomic E-state index is -5.09. The Morgan fingerprint density at radius 2 is 1.75 bits per heavy atom. The summed E-state index contributed by atoms with van der Waals surface area (Å²) in [6.07, 6.45) is -5.09. The van der Waals surface area contributed by atoms with Crippen molar-refractivity contribution in [1.29, 1.82) is 0 Å². The Labute approximate surface area is 85.9 Å². The Balaban J connectivity index is 3.63. The van der Waals surface area contributed by atoms with Gasteiger partial charge in [0.1, 0.15) is 5.56 Å². The topological polar surface area (TPSA) is 92.4 Å². The summed E-state index contributed by atoms with van der Waals surface area (Å²) in [5, 5.41) is 20.0. The van der Waals surface area contributed by atoms with E-state index in [2.05, 4.69) is 5.10 Å². The number of alkyl halides is 3. The van der Waals surface area contributed by atoms with Crippen LogP contribution in [0.4, 0.5) is 13.2 Å². The molecule has 1 rings (SSSR count). The second-order valence-electron chi connectivity index (χ2n) is 2.80. The molecule has 0 fully saturated rings. The normalized spacial score (nSPS) is 11.5. The molecule has 2 N–H and O–H groups in total. The first-order chi connectivity index (χ1) is 7.16. The molecule has 88 valence electrons. The average molecular weight is 238 g/mol. The van der Waals surface area contributed by atoms with Crippen LogP contribution in [0.15, 0.2) is 0 Å². The van der Waals surface area contributed by atoms with Crippen LogP contribution in [0.5, 0.6) is 0 Å². The maximum absolute atomic E-state index is 12.5. The molecule has 0 unspecified atom stereocenters. The van der Waals surface area contributed by atoms with Gasteiger partial charge < -0.3 is 10.2 Å². The summed E-state index contributed by atoms with van der Waals surface area (Å²) < 4.78 is 37.8. The van der Waals surface area contributed by atoms with Crippen LogP contribution in [0, 0.1) is 0 Å². The molecule has 6 nitrogen and oxygen atoms in total. The van der Waals surface area contributed by atoms with Gasteiger partial charge in [0.2, 0.25) is 0 Å². The van der Waals surface area contributed by atoms with Crippen LogP contribution in [-0.4, -0.2) is 31.9 Å². The number of halogens is 3. The average Bonchev–Trinajstić information content (AvgIpc) is 2.41. The molecule has 0 saturated heterocycles. The second-order valence-corrected chi connectivity index (χ2v) is 2.80. The van der Waals surface area contributed by atoms with E-state index in [4.69, 9.17) is 10.2 Å². The van der Waals surface area contributed by atoms with E-state index in [1.807, 2.05) is 0 Å². The van der Waals surface area contributed by atoms with Crippen LogP contribution in [0.3, 0.4) is 0 Å². The van der Waals surface area contributed by atoms with E-state index in [1.54, 1.807) is 0 Å². The van der Waals surface area contributed by atoms with Gasteiger partial charge in [-0.15, -0.1) is 0 Å². The first kappa shape index (κ1) is 12.0. The van der Waals surface area contributed by atoms with Crippen molar-refractivity contribution in [2.75, 3.05) is 0 Å².